The molecule has 0 fully saturated rings. The summed E-state index contributed by atoms with van der Waals surface area (Å²) in [6, 6.07) is 0. The normalized spacial score (nSPS) is 10.4. The lowest BCUT2D eigenvalue weighted by Gasteiger charge is -1.98. The van der Waals surface area contributed by atoms with Gasteiger partial charge in [0.25, 0.3) is 0 Å². The summed E-state index contributed by atoms with van der Waals surface area (Å²) >= 11 is 0. The fraction of sp³-hybridized carbons (Fsp3) is 0.250. The van der Waals surface area contributed by atoms with Crippen LogP contribution in [-0.4, -0.2) is 19.9 Å². The Hall–Kier alpha value is -1.58. The highest BCUT2D eigenvalue weighted by Crippen LogP contribution is 2.07. The van der Waals surface area contributed by atoms with Gasteiger partial charge in [-0.15, -0.1) is 0 Å². The largest absolute Gasteiger partial charge is 0.249 e. The molecule has 0 saturated heterocycles. The highest BCUT2D eigenvalue weighted by atomic mass is 14.9. The van der Waals surface area contributed by atoms with Crippen LogP contribution in [0.5, 0.6) is 0 Å². The van der Waals surface area contributed by atoms with Gasteiger partial charge in [-0.3, -0.25) is 0 Å². The van der Waals surface area contributed by atoms with Gasteiger partial charge >= 0.3 is 0 Å². The summed E-state index contributed by atoms with van der Waals surface area (Å²) in [6.45, 7) is 2.04. The number of rotatable bonds is 1. The molecule has 0 unspecified atom stereocenters. The molecular formula is C8H8N4. The minimum atomic E-state index is 0.671. The first-order valence-corrected chi connectivity index (χ1v) is 3.82. The molecule has 0 N–H and O–H groups in total. The number of hydrogen-bond acceptors (Lipinski definition) is 4. The van der Waals surface area contributed by atoms with Crippen molar-refractivity contribution in [1.82, 2.24) is 19.9 Å². The van der Waals surface area contributed by atoms with Crippen LogP contribution in [0.1, 0.15) is 12.6 Å². The average Bonchev–Trinajstić information content (AvgIpc) is 2.17. The molecule has 60 valence electrons. The van der Waals surface area contributed by atoms with Crippen LogP contribution in [0, 0.1) is 0 Å². The lowest BCUT2D eigenvalue weighted by atomic mass is 10.3. The van der Waals surface area contributed by atoms with Crippen molar-refractivity contribution in [2.75, 3.05) is 0 Å². The van der Waals surface area contributed by atoms with Crippen LogP contribution >= 0.6 is 0 Å². The summed E-state index contributed by atoms with van der Waals surface area (Å²) in [7, 11) is 0. The van der Waals surface area contributed by atoms with Crippen molar-refractivity contribution in [2.45, 2.75) is 13.3 Å². The van der Waals surface area contributed by atoms with Crippen LogP contribution in [0.2, 0.25) is 0 Å². The maximum Gasteiger partial charge on any atom is 0.181 e. The van der Waals surface area contributed by atoms with Crippen LogP contribution in [-0.2, 0) is 6.42 Å². The topological polar surface area (TPSA) is 51.6 Å². The number of aryl methyl sites for hydroxylation is 1. The van der Waals surface area contributed by atoms with Gasteiger partial charge in [-0.2, -0.15) is 0 Å². The van der Waals surface area contributed by atoms with Gasteiger partial charge in [0.15, 0.2) is 5.65 Å². The van der Waals surface area contributed by atoms with E-state index in [0.29, 0.717) is 5.65 Å². The second-order valence-corrected chi connectivity index (χ2v) is 2.40. The molecule has 0 amide bonds. The standard InChI is InChI=1S/C8H8N4/c1-2-6-7-8(12-5-11-6)10-4-3-9-7/h3-5H,2H2,1H3. The van der Waals surface area contributed by atoms with Crippen LogP contribution in [0.25, 0.3) is 11.2 Å². The van der Waals surface area contributed by atoms with E-state index >= 15 is 0 Å². The molecule has 0 saturated carbocycles. The molecule has 0 aliphatic rings. The van der Waals surface area contributed by atoms with Crippen LogP contribution < -0.4 is 0 Å². The molecule has 0 aliphatic heterocycles. The molecule has 0 radical (unpaired) electrons. The highest BCUT2D eigenvalue weighted by molar-refractivity contribution is 5.71. The molecule has 2 aromatic rings. The van der Waals surface area contributed by atoms with Gasteiger partial charge in [0.05, 0.1) is 5.69 Å². The Labute approximate surface area is 69.7 Å². The average molecular weight is 160 g/mol. The number of aromatic nitrogens is 4. The van der Waals surface area contributed by atoms with Gasteiger partial charge in [-0.05, 0) is 6.42 Å². The fourth-order valence-electron chi connectivity index (χ4n) is 1.10. The predicted octanol–water partition coefficient (Wildman–Crippen LogP) is 0.982. The van der Waals surface area contributed by atoms with Gasteiger partial charge in [0.1, 0.15) is 11.8 Å². The quantitative estimate of drug-likeness (QED) is 0.624. The molecule has 2 heterocycles. The Morgan fingerprint density at radius 1 is 1.08 bits per heavy atom. The summed E-state index contributed by atoms with van der Waals surface area (Å²) in [4.78, 5) is 16.4. The van der Waals surface area contributed by atoms with E-state index in [1.165, 1.54) is 6.33 Å². The summed E-state index contributed by atoms with van der Waals surface area (Å²) < 4.78 is 0. The molecule has 4 nitrogen and oxygen atoms in total. The van der Waals surface area contributed by atoms with Gasteiger partial charge < -0.3 is 0 Å². The zero-order valence-corrected chi connectivity index (χ0v) is 6.73. The monoisotopic (exact) mass is 160 g/mol. The predicted molar refractivity (Wildman–Crippen MR) is 44.5 cm³/mol. The third-order valence-electron chi connectivity index (χ3n) is 1.68. The van der Waals surface area contributed by atoms with E-state index in [0.717, 1.165) is 17.6 Å². The van der Waals surface area contributed by atoms with E-state index in [2.05, 4.69) is 19.9 Å². The smallest absolute Gasteiger partial charge is 0.181 e. The molecule has 0 spiro atoms. The highest BCUT2D eigenvalue weighted by Gasteiger charge is 2.01. The Bertz CT molecular complexity index is 394. The van der Waals surface area contributed by atoms with E-state index in [9.17, 15) is 0 Å². The van der Waals surface area contributed by atoms with Gasteiger partial charge in [0, 0.05) is 12.4 Å². The van der Waals surface area contributed by atoms with Gasteiger partial charge in [0.2, 0.25) is 0 Å². The zero-order valence-electron chi connectivity index (χ0n) is 6.73. The third-order valence-corrected chi connectivity index (χ3v) is 1.68. The van der Waals surface area contributed by atoms with E-state index < -0.39 is 0 Å². The van der Waals surface area contributed by atoms with Crippen molar-refractivity contribution in [3.8, 4) is 0 Å². The summed E-state index contributed by atoms with van der Waals surface area (Å²) in [5.74, 6) is 0. The molecule has 2 rings (SSSR count). The minimum absolute atomic E-state index is 0.671. The Morgan fingerprint density at radius 2 is 1.92 bits per heavy atom. The summed E-state index contributed by atoms with van der Waals surface area (Å²) in [6.07, 6.45) is 5.67. The first kappa shape index (κ1) is 7.09. The van der Waals surface area contributed by atoms with Crippen molar-refractivity contribution in [3.05, 3.63) is 24.4 Å². The molecule has 2 aromatic heterocycles. The maximum absolute atomic E-state index is 4.16. The van der Waals surface area contributed by atoms with E-state index in [4.69, 9.17) is 0 Å². The summed E-state index contributed by atoms with van der Waals surface area (Å²) in [5.41, 5.74) is 2.43. The molecule has 0 bridgehead atoms. The van der Waals surface area contributed by atoms with Crippen molar-refractivity contribution in [2.24, 2.45) is 0 Å². The lowest BCUT2D eigenvalue weighted by molar-refractivity contribution is 1.01. The second-order valence-electron chi connectivity index (χ2n) is 2.40. The third kappa shape index (κ3) is 1.01. The minimum Gasteiger partial charge on any atom is -0.249 e. The molecule has 4 heteroatoms. The lowest BCUT2D eigenvalue weighted by Crippen LogP contribution is -1.94. The van der Waals surface area contributed by atoms with Crippen LogP contribution in [0.4, 0.5) is 0 Å². The maximum atomic E-state index is 4.16. The van der Waals surface area contributed by atoms with E-state index in [1.54, 1.807) is 12.4 Å². The second kappa shape index (κ2) is 2.81. The van der Waals surface area contributed by atoms with E-state index in [-0.39, 0.29) is 0 Å². The Balaban J connectivity index is 2.79. The molecule has 0 aromatic carbocycles. The number of hydrogen-bond donors (Lipinski definition) is 0. The van der Waals surface area contributed by atoms with Crippen LogP contribution in [0.3, 0.4) is 0 Å². The molecule has 0 aliphatic carbocycles. The number of nitrogens with zero attached hydrogens (tertiary/aromatic N) is 4. The van der Waals surface area contributed by atoms with E-state index in [1.807, 2.05) is 6.92 Å². The zero-order chi connectivity index (χ0) is 8.39. The first-order chi connectivity index (χ1) is 5.92. The van der Waals surface area contributed by atoms with Crippen molar-refractivity contribution >= 4 is 11.2 Å². The van der Waals surface area contributed by atoms with Crippen molar-refractivity contribution < 1.29 is 0 Å². The Kier molecular flexibility index (Phi) is 1.66. The van der Waals surface area contributed by atoms with Gasteiger partial charge in [-0.25, -0.2) is 19.9 Å². The molecule has 0 atom stereocenters. The SMILES string of the molecule is CCc1ncnc2nccnc12. The fourth-order valence-corrected chi connectivity index (χ4v) is 1.10. The summed E-state index contributed by atoms with van der Waals surface area (Å²) in [5, 5.41) is 0. The van der Waals surface area contributed by atoms with Crippen molar-refractivity contribution in [3.63, 3.8) is 0 Å². The number of fused-ring (bicyclic) bond motifs is 1. The molecule has 12 heavy (non-hydrogen) atoms. The Morgan fingerprint density at radius 3 is 2.75 bits per heavy atom. The molecular weight excluding hydrogens is 152 g/mol. The van der Waals surface area contributed by atoms with Gasteiger partial charge in [-0.1, -0.05) is 6.92 Å². The first-order valence-electron chi connectivity index (χ1n) is 3.82. The van der Waals surface area contributed by atoms with Crippen molar-refractivity contribution in [1.29, 1.82) is 0 Å². The van der Waals surface area contributed by atoms with Crippen LogP contribution in [0.15, 0.2) is 18.7 Å².